The van der Waals surface area contributed by atoms with Gasteiger partial charge in [-0.1, -0.05) is 11.6 Å². The Morgan fingerprint density at radius 1 is 1.24 bits per heavy atom. The zero-order valence-corrected chi connectivity index (χ0v) is 11.0. The topological polar surface area (TPSA) is 62.2 Å². The first-order chi connectivity index (χ1) is 9.77. The zero-order chi connectivity index (χ0) is 15.6. The summed E-state index contributed by atoms with van der Waals surface area (Å²) < 4.78 is 37.9. The summed E-state index contributed by atoms with van der Waals surface area (Å²) in [4.78, 5) is 14.5. The molecule has 0 saturated heterocycles. The molecule has 0 bridgehead atoms. The van der Waals surface area contributed by atoms with Crippen LogP contribution in [0.25, 0.3) is 0 Å². The first-order valence-electron chi connectivity index (χ1n) is 5.60. The number of benzene rings is 1. The summed E-state index contributed by atoms with van der Waals surface area (Å²) in [7, 11) is 0. The summed E-state index contributed by atoms with van der Waals surface area (Å²) in [5.41, 5.74) is -0.852. The Balaban J connectivity index is 2.28. The van der Waals surface area contributed by atoms with Crippen LogP contribution in [0.2, 0.25) is 5.02 Å². The highest BCUT2D eigenvalue weighted by molar-refractivity contribution is 6.33. The number of carboxylic acids is 1. The maximum Gasteiger partial charge on any atom is 0.416 e. The summed E-state index contributed by atoms with van der Waals surface area (Å²) >= 11 is 5.83. The van der Waals surface area contributed by atoms with Gasteiger partial charge >= 0.3 is 12.1 Å². The molecule has 1 aromatic heterocycles. The molecule has 0 radical (unpaired) electrons. The molecule has 0 aliphatic carbocycles. The number of nitrogens with one attached hydrogen (secondary N) is 1. The Hall–Kier alpha value is -2.28. The van der Waals surface area contributed by atoms with Crippen molar-refractivity contribution in [2.45, 2.75) is 6.18 Å². The Kier molecular flexibility index (Phi) is 4.04. The molecule has 21 heavy (non-hydrogen) atoms. The number of alkyl halides is 3. The van der Waals surface area contributed by atoms with Gasteiger partial charge in [0.15, 0.2) is 0 Å². The van der Waals surface area contributed by atoms with Crippen LogP contribution in [0.3, 0.4) is 0 Å². The number of hydrogen-bond donors (Lipinski definition) is 2. The van der Waals surface area contributed by atoms with Crippen LogP contribution in [0.4, 0.5) is 24.7 Å². The van der Waals surface area contributed by atoms with Gasteiger partial charge in [0.1, 0.15) is 5.82 Å². The number of carboxylic acid groups (broad SMARTS) is 1. The van der Waals surface area contributed by atoms with Crippen LogP contribution >= 0.6 is 11.6 Å². The second kappa shape index (κ2) is 5.61. The molecule has 0 fully saturated rings. The molecule has 4 nitrogen and oxygen atoms in total. The predicted molar refractivity (Wildman–Crippen MR) is 70.9 cm³/mol. The molecule has 110 valence electrons. The van der Waals surface area contributed by atoms with E-state index >= 15 is 0 Å². The van der Waals surface area contributed by atoms with E-state index in [9.17, 15) is 18.0 Å². The Bertz CT molecular complexity index is 672. The lowest BCUT2D eigenvalue weighted by molar-refractivity contribution is -0.137. The van der Waals surface area contributed by atoms with Crippen molar-refractivity contribution >= 4 is 29.1 Å². The quantitative estimate of drug-likeness (QED) is 0.891. The van der Waals surface area contributed by atoms with Crippen molar-refractivity contribution in [3.8, 4) is 0 Å². The lowest BCUT2D eigenvalue weighted by Crippen LogP contribution is -2.06. The molecular formula is C13H8ClF3N2O2. The third kappa shape index (κ3) is 3.63. The predicted octanol–water partition coefficient (Wildman–Crippen LogP) is 4.20. The van der Waals surface area contributed by atoms with Crippen LogP contribution in [-0.4, -0.2) is 16.1 Å². The third-order valence-electron chi connectivity index (χ3n) is 2.57. The molecule has 0 aliphatic heterocycles. The molecule has 0 spiro atoms. The van der Waals surface area contributed by atoms with E-state index in [1.807, 2.05) is 0 Å². The van der Waals surface area contributed by atoms with Crippen molar-refractivity contribution < 1.29 is 23.1 Å². The van der Waals surface area contributed by atoms with Gasteiger partial charge in [0.25, 0.3) is 0 Å². The van der Waals surface area contributed by atoms with Crippen molar-refractivity contribution in [2.24, 2.45) is 0 Å². The molecule has 0 unspecified atom stereocenters. The molecule has 8 heteroatoms. The van der Waals surface area contributed by atoms with Crippen LogP contribution < -0.4 is 5.32 Å². The van der Waals surface area contributed by atoms with Gasteiger partial charge in [-0.25, -0.2) is 9.78 Å². The fraction of sp³-hybridized carbons (Fsp3) is 0.0769. The Morgan fingerprint density at radius 2 is 1.95 bits per heavy atom. The minimum atomic E-state index is -4.48. The van der Waals surface area contributed by atoms with Gasteiger partial charge < -0.3 is 10.4 Å². The van der Waals surface area contributed by atoms with E-state index < -0.39 is 17.7 Å². The van der Waals surface area contributed by atoms with E-state index in [4.69, 9.17) is 16.7 Å². The lowest BCUT2D eigenvalue weighted by atomic mass is 10.2. The van der Waals surface area contributed by atoms with E-state index in [2.05, 4.69) is 10.3 Å². The molecule has 1 heterocycles. The average Bonchev–Trinajstić information content (AvgIpc) is 2.40. The first kappa shape index (κ1) is 15.1. The minimum Gasteiger partial charge on any atom is -0.478 e. The number of carbonyl (C=O) groups is 1. The smallest absolute Gasteiger partial charge is 0.416 e. The number of hydrogen-bond acceptors (Lipinski definition) is 3. The van der Waals surface area contributed by atoms with Crippen molar-refractivity contribution in [3.63, 3.8) is 0 Å². The van der Waals surface area contributed by atoms with Gasteiger partial charge in [-0.2, -0.15) is 13.2 Å². The molecule has 0 aliphatic rings. The van der Waals surface area contributed by atoms with Crippen LogP contribution in [-0.2, 0) is 6.18 Å². The monoisotopic (exact) mass is 316 g/mol. The number of pyridine rings is 1. The molecular weight excluding hydrogens is 309 g/mol. The second-order valence-electron chi connectivity index (χ2n) is 4.05. The average molecular weight is 317 g/mol. The minimum absolute atomic E-state index is 0.0297. The summed E-state index contributed by atoms with van der Waals surface area (Å²) in [5, 5.41) is 11.4. The van der Waals surface area contributed by atoms with Crippen molar-refractivity contribution in [3.05, 3.63) is 52.7 Å². The molecule has 2 aromatic rings. The van der Waals surface area contributed by atoms with Crippen LogP contribution in [0.5, 0.6) is 0 Å². The number of anilines is 2. The number of aromatic nitrogens is 1. The normalized spacial score (nSPS) is 11.2. The molecule has 0 amide bonds. The van der Waals surface area contributed by atoms with Gasteiger partial charge in [-0.3, -0.25) is 0 Å². The number of rotatable bonds is 3. The molecule has 0 atom stereocenters. The summed E-state index contributed by atoms with van der Waals surface area (Å²) in [6, 6.07) is 5.46. The maximum absolute atomic E-state index is 12.6. The lowest BCUT2D eigenvalue weighted by Gasteiger charge is -2.12. The maximum atomic E-state index is 12.6. The van der Waals surface area contributed by atoms with Crippen LogP contribution in [0, 0.1) is 0 Å². The fourth-order valence-electron chi connectivity index (χ4n) is 1.53. The SMILES string of the molecule is O=C(O)c1ccc(Nc2cc(C(F)(F)F)ccc2Cl)nc1. The van der Waals surface area contributed by atoms with E-state index in [1.165, 1.54) is 12.1 Å². The highest BCUT2D eigenvalue weighted by Gasteiger charge is 2.31. The van der Waals surface area contributed by atoms with Crippen molar-refractivity contribution in [1.82, 2.24) is 4.98 Å². The van der Waals surface area contributed by atoms with Crippen LogP contribution in [0.15, 0.2) is 36.5 Å². The number of nitrogens with zero attached hydrogens (tertiary/aromatic N) is 1. The summed E-state index contributed by atoms with van der Waals surface area (Å²) in [6.07, 6.45) is -3.40. The second-order valence-corrected chi connectivity index (χ2v) is 4.46. The highest BCUT2D eigenvalue weighted by atomic mass is 35.5. The number of halogens is 4. The number of aromatic carboxylic acids is 1. The highest BCUT2D eigenvalue weighted by Crippen LogP contribution is 2.34. The Morgan fingerprint density at radius 3 is 2.48 bits per heavy atom. The van der Waals surface area contributed by atoms with Gasteiger partial charge in [0, 0.05) is 6.20 Å². The van der Waals surface area contributed by atoms with Gasteiger partial charge in [0.05, 0.1) is 21.8 Å². The van der Waals surface area contributed by atoms with Crippen molar-refractivity contribution in [2.75, 3.05) is 5.32 Å². The summed E-state index contributed by atoms with van der Waals surface area (Å²) in [6.45, 7) is 0. The first-order valence-corrected chi connectivity index (χ1v) is 5.98. The van der Waals surface area contributed by atoms with E-state index in [0.29, 0.717) is 0 Å². The molecule has 0 saturated carbocycles. The molecule has 2 N–H and O–H groups in total. The van der Waals surface area contributed by atoms with Gasteiger partial charge in [-0.15, -0.1) is 0 Å². The summed E-state index contributed by atoms with van der Waals surface area (Å²) in [5.74, 6) is -0.965. The third-order valence-corrected chi connectivity index (χ3v) is 2.90. The van der Waals surface area contributed by atoms with Gasteiger partial charge in [0.2, 0.25) is 0 Å². The van der Waals surface area contributed by atoms with E-state index in [1.54, 1.807) is 0 Å². The van der Waals surface area contributed by atoms with Gasteiger partial charge in [-0.05, 0) is 30.3 Å². The van der Waals surface area contributed by atoms with E-state index in [-0.39, 0.29) is 22.1 Å². The Labute approximate surface area is 122 Å². The largest absolute Gasteiger partial charge is 0.478 e. The zero-order valence-electron chi connectivity index (χ0n) is 10.3. The van der Waals surface area contributed by atoms with Crippen molar-refractivity contribution in [1.29, 1.82) is 0 Å². The van der Waals surface area contributed by atoms with E-state index in [0.717, 1.165) is 24.4 Å². The fourth-order valence-corrected chi connectivity index (χ4v) is 1.69. The van der Waals surface area contributed by atoms with Crippen LogP contribution in [0.1, 0.15) is 15.9 Å². The molecule has 2 rings (SSSR count). The molecule has 1 aromatic carbocycles. The standard InChI is InChI=1S/C13H8ClF3N2O2/c14-9-3-2-8(13(15,16)17)5-10(9)19-11-4-1-7(6-18-11)12(20)21/h1-6H,(H,18,19)(H,20,21).